The summed E-state index contributed by atoms with van der Waals surface area (Å²) in [6.07, 6.45) is 5.38. The number of aryl methyl sites for hydroxylation is 1. The minimum atomic E-state index is -0.0304. The van der Waals surface area contributed by atoms with Crippen molar-refractivity contribution >= 4 is 23.1 Å². The van der Waals surface area contributed by atoms with Crippen LogP contribution in [0.2, 0.25) is 0 Å². The molecule has 0 saturated heterocycles. The fourth-order valence-electron chi connectivity index (χ4n) is 3.25. The van der Waals surface area contributed by atoms with E-state index in [1.165, 1.54) is 0 Å². The highest BCUT2D eigenvalue weighted by Crippen LogP contribution is 2.31. The molecule has 2 aromatic carbocycles. The number of ether oxygens (including phenoxy) is 1. The molecule has 2 N–H and O–H groups in total. The van der Waals surface area contributed by atoms with Gasteiger partial charge in [0.25, 0.3) is 0 Å². The number of aliphatic imine (C=N–C) groups is 1. The Hall–Kier alpha value is -3.64. The van der Waals surface area contributed by atoms with Crippen LogP contribution >= 0.6 is 0 Å². The molecule has 4 aromatic rings. The fraction of sp³-hybridized carbons (Fsp3) is 0.130. The van der Waals surface area contributed by atoms with Crippen LogP contribution in [0, 0.1) is 6.92 Å². The SMILES string of the molecule is CN=Cc1cnn2cc(CO)c(C)c2c1Nc1ccc(Oc2ccccc2)cc1. The molecule has 0 spiro atoms. The van der Waals surface area contributed by atoms with Crippen molar-refractivity contribution in [3.8, 4) is 11.5 Å². The monoisotopic (exact) mass is 386 g/mol. The van der Waals surface area contributed by atoms with Gasteiger partial charge in [-0.05, 0) is 48.9 Å². The Morgan fingerprint density at radius 1 is 1.10 bits per heavy atom. The molecule has 0 bridgehead atoms. The molecule has 6 heteroatoms. The Labute approximate surface area is 169 Å². The highest BCUT2D eigenvalue weighted by Gasteiger charge is 2.14. The van der Waals surface area contributed by atoms with E-state index in [4.69, 9.17) is 4.74 Å². The Morgan fingerprint density at radius 3 is 2.52 bits per heavy atom. The Morgan fingerprint density at radius 2 is 1.83 bits per heavy atom. The van der Waals surface area contributed by atoms with Crippen molar-refractivity contribution < 1.29 is 9.84 Å². The molecule has 146 valence electrons. The number of hydrogen-bond acceptors (Lipinski definition) is 5. The molecule has 0 radical (unpaired) electrons. The van der Waals surface area contributed by atoms with E-state index >= 15 is 0 Å². The van der Waals surface area contributed by atoms with Gasteiger partial charge in [-0.1, -0.05) is 18.2 Å². The van der Waals surface area contributed by atoms with Gasteiger partial charge >= 0.3 is 0 Å². The molecule has 2 heterocycles. The number of rotatable bonds is 6. The number of nitrogens with one attached hydrogen (secondary N) is 1. The van der Waals surface area contributed by atoms with E-state index in [-0.39, 0.29) is 6.61 Å². The average Bonchev–Trinajstić information content (AvgIpc) is 3.08. The first-order chi connectivity index (χ1) is 14.2. The van der Waals surface area contributed by atoms with Crippen molar-refractivity contribution in [1.29, 1.82) is 0 Å². The Balaban J connectivity index is 1.68. The quantitative estimate of drug-likeness (QED) is 0.471. The summed E-state index contributed by atoms with van der Waals surface area (Å²) in [5.74, 6) is 1.56. The molecule has 0 unspecified atom stereocenters. The summed E-state index contributed by atoms with van der Waals surface area (Å²) in [6.45, 7) is 1.95. The normalized spacial score (nSPS) is 11.3. The smallest absolute Gasteiger partial charge is 0.127 e. The number of hydrogen-bond donors (Lipinski definition) is 2. The van der Waals surface area contributed by atoms with Gasteiger partial charge in [-0.15, -0.1) is 0 Å². The van der Waals surface area contributed by atoms with Gasteiger partial charge in [0.1, 0.15) is 11.5 Å². The van der Waals surface area contributed by atoms with Crippen molar-refractivity contribution in [2.45, 2.75) is 13.5 Å². The van der Waals surface area contributed by atoms with Gasteiger partial charge in [0.15, 0.2) is 0 Å². The van der Waals surface area contributed by atoms with Gasteiger partial charge in [-0.3, -0.25) is 4.99 Å². The van der Waals surface area contributed by atoms with Crippen molar-refractivity contribution in [2.75, 3.05) is 12.4 Å². The van der Waals surface area contributed by atoms with E-state index in [1.807, 2.05) is 67.7 Å². The van der Waals surface area contributed by atoms with Crippen LogP contribution in [0.1, 0.15) is 16.7 Å². The average molecular weight is 386 g/mol. The standard InChI is InChI=1S/C23H22N4O2/c1-16-18(15-28)14-27-23(16)22(17(12-24-2)13-25-27)26-19-8-10-21(11-9-19)29-20-6-4-3-5-7-20/h3-14,26,28H,15H2,1-2H3. The summed E-state index contributed by atoms with van der Waals surface area (Å²) in [7, 11) is 1.73. The first-order valence-electron chi connectivity index (χ1n) is 9.32. The summed E-state index contributed by atoms with van der Waals surface area (Å²) in [4.78, 5) is 4.15. The van der Waals surface area contributed by atoms with Crippen LogP contribution in [-0.4, -0.2) is 28.0 Å². The minimum absolute atomic E-state index is 0.0304. The summed E-state index contributed by atoms with van der Waals surface area (Å²) < 4.78 is 7.64. The number of para-hydroxylation sites is 1. The van der Waals surface area contributed by atoms with Gasteiger partial charge in [-0.2, -0.15) is 5.10 Å². The minimum Gasteiger partial charge on any atom is -0.457 e. The lowest BCUT2D eigenvalue weighted by atomic mass is 10.1. The second-order valence-corrected chi connectivity index (χ2v) is 6.66. The Bertz CT molecular complexity index is 1150. The van der Waals surface area contributed by atoms with Crippen LogP contribution in [-0.2, 0) is 6.61 Å². The van der Waals surface area contributed by atoms with E-state index in [0.29, 0.717) is 0 Å². The molecule has 2 aromatic heterocycles. The molecule has 0 aliphatic rings. The first kappa shape index (κ1) is 18.7. The van der Waals surface area contributed by atoms with E-state index in [0.717, 1.165) is 45.1 Å². The van der Waals surface area contributed by atoms with Gasteiger partial charge < -0.3 is 15.2 Å². The van der Waals surface area contributed by atoms with E-state index in [1.54, 1.807) is 24.0 Å². The second kappa shape index (κ2) is 8.16. The van der Waals surface area contributed by atoms with Crippen molar-refractivity contribution in [2.24, 2.45) is 4.99 Å². The fourth-order valence-corrected chi connectivity index (χ4v) is 3.25. The van der Waals surface area contributed by atoms with Crippen LogP contribution in [0.25, 0.3) is 5.52 Å². The number of aliphatic hydroxyl groups excluding tert-OH is 1. The zero-order chi connectivity index (χ0) is 20.2. The van der Waals surface area contributed by atoms with Crippen LogP contribution < -0.4 is 10.1 Å². The topological polar surface area (TPSA) is 71.2 Å². The van der Waals surface area contributed by atoms with Gasteiger partial charge in [0, 0.05) is 36.3 Å². The molecule has 0 saturated carbocycles. The summed E-state index contributed by atoms with van der Waals surface area (Å²) in [6, 6.07) is 17.5. The van der Waals surface area contributed by atoms with Gasteiger partial charge in [-0.25, -0.2) is 4.52 Å². The van der Waals surface area contributed by atoms with E-state index in [9.17, 15) is 5.11 Å². The zero-order valence-corrected chi connectivity index (χ0v) is 16.3. The van der Waals surface area contributed by atoms with Crippen molar-refractivity contribution in [3.63, 3.8) is 0 Å². The highest BCUT2D eigenvalue weighted by atomic mass is 16.5. The second-order valence-electron chi connectivity index (χ2n) is 6.66. The molecule has 0 amide bonds. The number of aromatic nitrogens is 2. The summed E-state index contributed by atoms with van der Waals surface area (Å²) >= 11 is 0. The van der Waals surface area contributed by atoms with Crippen molar-refractivity contribution in [1.82, 2.24) is 9.61 Å². The van der Waals surface area contributed by atoms with Crippen LogP contribution in [0.4, 0.5) is 11.4 Å². The highest BCUT2D eigenvalue weighted by molar-refractivity contribution is 5.96. The van der Waals surface area contributed by atoms with E-state index < -0.39 is 0 Å². The van der Waals surface area contributed by atoms with Gasteiger partial charge in [0.2, 0.25) is 0 Å². The predicted octanol–water partition coefficient (Wildman–Crippen LogP) is 4.72. The molecular formula is C23H22N4O2. The number of nitrogens with zero attached hydrogens (tertiary/aromatic N) is 3. The largest absolute Gasteiger partial charge is 0.457 e. The summed E-state index contributed by atoms with van der Waals surface area (Å²) in [5.41, 5.74) is 5.41. The molecule has 0 atom stereocenters. The number of anilines is 2. The predicted molar refractivity (Wildman–Crippen MR) is 116 cm³/mol. The number of aliphatic hydroxyl groups is 1. The molecule has 0 fully saturated rings. The van der Waals surface area contributed by atoms with Crippen LogP contribution in [0.3, 0.4) is 0 Å². The van der Waals surface area contributed by atoms with E-state index in [2.05, 4.69) is 15.4 Å². The number of benzene rings is 2. The van der Waals surface area contributed by atoms with Crippen molar-refractivity contribution in [3.05, 3.63) is 83.7 Å². The molecule has 0 aliphatic carbocycles. The maximum Gasteiger partial charge on any atom is 0.127 e. The first-order valence-corrected chi connectivity index (χ1v) is 9.32. The third-order valence-corrected chi connectivity index (χ3v) is 4.73. The third kappa shape index (κ3) is 3.83. The molecule has 29 heavy (non-hydrogen) atoms. The maximum absolute atomic E-state index is 9.62. The lowest BCUT2D eigenvalue weighted by molar-refractivity contribution is 0.281. The Kier molecular flexibility index (Phi) is 5.27. The maximum atomic E-state index is 9.62. The van der Waals surface area contributed by atoms with Crippen LogP contribution in [0.5, 0.6) is 11.5 Å². The molecule has 6 nitrogen and oxygen atoms in total. The zero-order valence-electron chi connectivity index (χ0n) is 16.3. The van der Waals surface area contributed by atoms with Crippen LogP contribution in [0.15, 0.2) is 72.0 Å². The lowest BCUT2D eigenvalue weighted by Crippen LogP contribution is -2.02. The number of fused-ring (bicyclic) bond motifs is 1. The lowest BCUT2D eigenvalue weighted by Gasteiger charge is -2.13. The summed E-state index contributed by atoms with van der Waals surface area (Å²) in [5, 5.41) is 17.5. The molecule has 4 rings (SSSR count). The molecular weight excluding hydrogens is 364 g/mol. The third-order valence-electron chi connectivity index (χ3n) is 4.73. The molecule has 0 aliphatic heterocycles. The van der Waals surface area contributed by atoms with Gasteiger partial charge in [0.05, 0.1) is 24.0 Å².